The van der Waals surface area contributed by atoms with Crippen molar-refractivity contribution in [2.75, 3.05) is 6.54 Å². The van der Waals surface area contributed by atoms with Gasteiger partial charge in [0.25, 0.3) is 0 Å². The maximum absolute atomic E-state index is 14.1. The quantitative estimate of drug-likeness (QED) is 0.136. The molecule has 1 saturated carbocycles. The molecule has 1 unspecified atom stereocenters. The first kappa shape index (κ1) is 39.3. The molecule has 1 aliphatic carbocycles. The van der Waals surface area contributed by atoms with Crippen molar-refractivity contribution >= 4 is 23.8 Å². The molecular formula is C37H56N6O6. The normalized spacial score (nSPS) is 16.1. The highest BCUT2D eigenvalue weighted by molar-refractivity contribution is 5.93. The highest BCUT2D eigenvalue weighted by Gasteiger charge is 2.33. The summed E-state index contributed by atoms with van der Waals surface area (Å²) in [7, 11) is 0. The van der Waals surface area contributed by atoms with Crippen LogP contribution in [0.25, 0.3) is 0 Å². The molecule has 1 fully saturated rings. The van der Waals surface area contributed by atoms with Crippen LogP contribution in [-0.2, 0) is 32.0 Å². The first-order chi connectivity index (χ1) is 23.2. The van der Waals surface area contributed by atoms with Crippen LogP contribution in [0.3, 0.4) is 0 Å². The summed E-state index contributed by atoms with van der Waals surface area (Å²) in [6.07, 6.45) is 7.26. The lowest BCUT2D eigenvalue weighted by molar-refractivity contribution is -0.131. The smallest absolute Gasteiger partial charge is 0.408 e. The van der Waals surface area contributed by atoms with Crippen LogP contribution in [0.1, 0.15) is 90.8 Å². The third kappa shape index (κ3) is 14.4. The maximum Gasteiger partial charge on any atom is 0.408 e. The molecule has 1 aromatic heterocycles. The van der Waals surface area contributed by atoms with Gasteiger partial charge in [-0.2, -0.15) is 0 Å². The molecule has 0 aliphatic heterocycles. The molecule has 270 valence electrons. The van der Waals surface area contributed by atoms with Crippen molar-refractivity contribution in [3.05, 3.63) is 66.3 Å². The predicted molar refractivity (Wildman–Crippen MR) is 188 cm³/mol. The average molecular weight is 681 g/mol. The van der Waals surface area contributed by atoms with E-state index in [1.807, 2.05) is 44.2 Å². The molecule has 12 heteroatoms. The van der Waals surface area contributed by atoms with Gasteiger partial charge in [-0.25, -0.2) is 9.78 Å². The van der Waals surface area contributed by atoms with Gasteiger partial charge >= 0.3 is 6.09 Å². The number of aliphatic hydroxyl groups is 1. The molecule has 0 radical (unpaired) electrons. The van der Waals surface area contributed by atoms with Crippen molar-refractivity contribution < 1.29 is 29.0 Å². The Morgan fingerprint density at radius 1 is 0.980 bits per heavy atom. The number of carbonyl (C=O) groups is 4. The Labute approximate surface area is 290 Å². The summed E-state index contributed by atoms with van der Waals surface area (Å²) >= 11 is 0. The molecule has 1 aromatic carbocycles. The minimum Gasteiger partial charge on any atom is -0.444 e. The van der Waals surface area contributed by atoms with E-state index in [0.717, 1.165) is 37.7 Å². The van der Waals surface area contributed by atoms with Crippen LogP contribution in [-0.4, -0.2) is 75.3 Å². The van der Waals surface area contributed by atoms with E-state index in [1.165, 1.54) is 6.33 Å². The summed E-state index contributed by atoms with van der Waals surface area (Å²) in [5.74, 6) is -0.858. The molecule has 1 aliphatic rings. The number of imidazole rings is 1. The van der Waals surface area contributed by atoms with Gasteiger partial charge in [-0.3, -0.25) is 14.4 Å². The Bertz CT molecular complexity index is 1350. The largest absolute Gasteiger partial charge is 0.444 e. The fourth-order valence-corrected chi connectivity index (χ4v) is 5.89. The standard InChI is InChI=1S/C37H56N6O6/c1-24(2)21-39-33(45)25(3)17-32(44)29(18-26-13-9-7-10-14-26)41-35(47)31(20-28-22-38-23-40-28)42-34(46)30(19-27-15-11-8-12-16-27)43-36(48)49-37(4,5)6/h8,11-12,15-16,22-24,26,29-32,44H,3,7,9-10,13-14,17-21H2,1-2,4-6H3,(H,38,40)(H,39,45)(H,41,47)(H,42,46)(H,43,48)/t29-,30-,31?,32-/m0/s1. The lowest BCUT2D eigenvalue weighted by atomic mass is 9.83. The minimum atomic E-state index is -1.08. The number of aromatic amines is 1. The van der Waals surface area contributed by atoms with Crippen molar-refractivity contribution in [2.24, 2.45) is 11.8 Å². The highest BCUT2D eigenvalue weighted by Crippen LogP contribution is 2.29. The SMILES string of the molecule is C=C(C[C@H](O)[C@H](CC1CCCCC1)NC(=O)C(Cc1cnc[nH]1)NC(=O)[C@H](Cc1ccccc1)NC(=O)OC(C)(C)C)C(=O)NCC(C)C. The number of nitrogens with zero attached hydrogens (tertiary/aromatic N) is 1. The maximum atomic E-state index is 14.1. The summed E-state index contributed by atoms with van der Waals surface area (Å²) < 4.78 is 5.43. The number of benzene rings is 1. The second-order valence-corrected chi connectivity index (χ2v) is 14.6. The van der Waals surface area contributed by atoms with E-state index < -0.39 is 47.7 Å². The molecule has 3 rings (SSSR count). The Morgan fingerprint density at radius 2 is 1.63 bits per heavy atom. The van der Waals surface area contributed by atoms with Gasteiger partial charge in [0.1, 0.15) is 17.7 Å². The number of hydrogen-bond acceptors (Lipinski definition) is 7. The van der Waals surface area contributed by atoms with E-state index >= 15 is 0 Å². The second kappa shape index (κ2) is 19.1. The van der Waals surface area contributed by atoms with E-state index in [-0.39, 0.29) is 36.7 Å². The van der Waals surface area contributed by atoms with Crippen molar-refractivity contribution in [1.82, 2.24) is 31.2 Å². The van der Waals surface area contributed by atoms with Gasteiger partial charge in [0.2, 0.25) is 17.7 Å². The number of carbonyl (C=O) groups excluding carboxylic acids is 4. The van der Waals surface area contributed by atoms with Gasteiger partial charge < -0.3 is 36.1 Å². The van der Waals surface area contributed by atoms with Crippen LogP contribution in [0.2, 0.25) is 0 Å². The third-order valence-corrected chi connectivity index (χ3v) is 8.45. The fourth-order valence-electron chi connectivity index (χ4n) is 5.89. The topological polar surface area (TPSA) is 175 Å². The van der Waals surface area contributed by atoms with Crippen molar-refractivity contribution in [3.8, 4) is 0 Å². The van der Waals surface area contributed by atoms with Crippen LogP contribution in [0, 0.1) is 11.8 Å². The van der Waals surface area contributed by atoms with Crippen molar-refractivity contribution in [2.45, 2.75) is 122 Å². The first-order valence-corrected chi connectivity index (χ1v) is 17.5. The number of nitrogens with one attached hydrogen (secondary N) is 5. The van der Waals surface area contributed by atoms with E-state index in [4.69, 9.17) is 4.74 Å². The van der Waals surface area contributed by atoms with Crippen LogP contribution < -0.4 is 21.3 Å². The summed E-state index contributed by atoms with van der Waals surface area (Å²) in [5.41, 5.74) is 0.867. The average Bonchev–Trinajstić information content (AvgIpc) is 3.56. The Morgan fingerprint density at radius 3 is 2.24 bits per heavy atom. The van der Waals surface area contributed by atoms with E-state index in [0.29, 0.717) is 24.6 Å². The lowest BCUT2D eigenvalue weighted by Crippen LogP contribution is -2.57. The predicted octanol–water partition coefficient (Wildman–Crippen LogP) is 4.11. The molecule has 0 saturated heterocycles. The summed E-state index contributed by atoms with van der Waals surface area (Å²) in [6.45, 7) is 13.6. The number of hydrogen-bond donors (Lipinski definition) is 6. The molecule has 12 nitrogen and oxygen atoms in total. The number of rotatable bonds is 17. The van der Waals surface area contributed by atoms with E-state index in [1.54, 1.807) is 27.0 Å². The first-order valence-electron chi connectivity index (χ1n) is 17.5. The molecule has 2 aromatic rings. The van der Waals surface area contributed by atoms with Gasteiger partial charge in [0, 0.05) is 43.3 Å². The third-order valence-electron chi connectivity index (χ3n) is 8.45. The van der Waals surface area contributed by atoms with Crippen molar-refractivity contribution in [3.63, 3.8) is 0 Å². The van der Waals surface area contributed by atoms with Crippen LogP contribution in [0.4, 0.5) is 4.79 Å². The van der Waals surface area contributed by atoms with E-state index in [2.05, 4.69) is 37.8 Å². The van der Waals surface area contributed by atoms with Gasteiger partial charge in [0.05, 0.1) is 18.5 Å². The number of amides is 4. The molecule has 6 N–H and O–H groups in total. The van der Waals surface area contributed by atoms with Crippen molar-refractivity contribution in [1.29, 1.82) is 0 Å². The fraction of sp³-hybridized carbons (Fsp3) is 0.595. The van der Waals surface area contributed by atoms with Crippen LogP contribution in [0.15, 0.2) is 55.0 Å². The number of ether oxygens (including phenoxy) is 1. The zero-order chi connectivity index (χ0) is 36.0. The lowest BCUT2D eigenvalue weighted by Gasteiger charge is -2.32. The summed E-state index contributed by atoms with van der Waals surface area (Å²) in [4.78, 5) is 60.4. The second-order valence-electron chi connectivity index (χ2n) is 14.6. The molecule has 4 amide bonds. The highest BCUT2D eigenvalue weighted by atomic mass is 16.6. The molecule has 0 spiro atoms. The number of H-pyrrole nitrogens is 1. The number of alkyl carbamates (subject to hydrolysis) is 1. The molecule has 4 atom stereocenters. The number of aliphatic hydroxyl groups excluding tert-OH is 1. The Hall–Kier alpha value is -4.19. The molecule has 49 heavy (non-hydrogen) atoms. The molecule has 1 heterocycles. The van der Waals surface area contributed by atoms with Gasteiger partial charge in [0.15, 0.2) is 0 Å². The number of aromatic nitrogens is 2. The van der Waals surface area contributed by atoms with Crippen LogP contribution >= 0.6 is 0 Å². The zero-order valence-corrected chi connectivity index (χ0v) is 29.7. The zero-order valence-electron chi connectivity index (χ0n) is 29.7. The van der Waals surface area contributed by atoms with E-state index in [9.17, 15) is 24.3 Å². The molecule has 0 bridgehead atoms. The monoisotopic (exact) mass is 680 g/mol. The summed E-state index contributed by atoms with van der Waals surface area (Å²) in [6, 6.07) is 6.41. The van der Waals surface area contributed by atoms with Gasteiger partial charge in [-0.05, 0) is 44.6 Å². The summed E-state index contributed by atoms with van der Waals surface area (Å²) in [5, 5.41) is 22.8. The Kier molecular flexibility index (Phi) is 15.3. The van der Waals surface area contributed by atoms with Gasteiger partial charge in [-0.15, -0.1) is 0 Å². The Balaban J connectivity index is 1.82. The van der Waals surface area contributed by atoms with Gasteiger partial charge in [-0.1, -0.05) is 82.9 Å². The van der Waals surface area contributed by atoms with Crippen LogP contribution in [0.5, 0.6) is 0 Å². The minimum absolute atomic E-state index is 0.0157. The molecular weight excluding hydrogens is 624 g/mol.